The minimum atomic E-state index is -4.52. The number of amides is 2. The molecular formula is C25H16BrF5N4O5. The molecule has 2 heterocycles. The highest BCUT2D eigenvalue weighted by Gasteiger charge is 2.30. The molecule has 0 spiro atoms. The number of aromatic nitrogens is 2. The predicted molar refractivity (Wildman–Crippen MR) is 134 cm³/mol. The summed E-state index contributed by atoms with van der Waals surface area (Å²) < 4.78 is 77.8. The van der Waals surface area contributed by atoms with Gasteiger partial charge in [0.25, 0.3) is 5.91 Å². The summed E-state index contributed by atoms with van der Waals surface area (Å²) in [6, 6.07) is 8.68. The van der Waals surface area contributed by atoms with Gasteiger partial charge in [-0.25, -0.2) is 23.5 Å². The molecule has 0 radical (unpaired) electrons. The lowest BCUT2D eigenvalue weighted by Gasteiger charge is -2.21. The van der Waals surface area contributed by atoms with Crippen molar-refractivity contribution < 1.29 is 45.8 Å². The first-order valence-electron chi connectivity index (χ1n) is 11.1. The van der Waals surface area contributed by atoms with Gasteiger partial charge in [0.15, 0.2) is 16.2 Å². The highest BCUT2D eigenvalue weighted by molar-refractivity contribution is 9.10. The fourth-order valence-electron chi connectivity index (χ4n) is 3.61. The summed E-state index contributed by atoms with van der Waals surface area (Å²) in [5, 5.41) is 9.84. The molecule has 208 valence electrons. The van der Waals surface area contributed by atoms with Gasteiger partial charge in [0.05, 0.1) is 17.8 Å². The van der Waals surface area contributed by atoms with Gasteiger partial charge in [-0.1, -0.05) is 12.1 Å². The third kappa shape index (κ3) is 5.88. The van der Waals surface area contributed by atoms with E-state index < -0.39 is 53.3 Å². The Bertz CT molecular complexity index is 1580. The molecule has 2 aromatic carbocycles. The summed E-state index contributed by atoms with van der Waals surface area (Å²) >= 11 is 3.17. The Labute approximate surface area is 230 Å². The maximum atomic E-state index is 14.4. The molecule has 0 saturated heterocycles. The maximum absolute atomic E-state index is 14.4. The Morgan fingerprint density at radius 1 is 1.07 bits per heavy atom. The fourth-order valence-corrected chi connectivity index (χ4v) is 4.08. The molecular weight excluding hydrogens is 611 g/mol. The van der Waals surface area contributed by atoms with Crippen LogP contribution in [0.1, 0.15) is 15.9 Å². The predicted octanol–water partition coefficient (Wildman–Crippen LogP) is 6.13. The van der Waals surface area contributed by atoms with E-state index in [0.717, 1.165) is 29.2 Å². The van der Waals surface area contributed by atoms with Crippen LogP contribution >= 0.6 is 15.9 Å². The van der Waals surface area contributed by atoms with Gasteiger partial charge in [0.2, 0.25) is 5.89 Å². The highest BCUT2D eigenvalue weighted by Crippen LogP contribution is 2.37. The van der Waals surface area contributed by atoms with Crippen LogP contribution in [0.15, 0.2) is 63.8 Å². The van der Waals surface area contributed by atoms with Crippen molar-refractivity contribution in [1.29, 1.82) is 0 Å². The molecule has 0 atom stereocenters. The van der Waals surface area contributed by atoms with Gasteiger partial charge < -0.3 is 20.0 Å². The van der Waals surface area contributed by atoms with E-state index in [4.69, 9.17) is 14.9 Å². The molecule has 15 heteroatoms. The van der Waals surface area contributed by atoms with Crippen molar-refractivity contribution in [2.75, 3.05) is 18.1 Å². The van der Waals surface area contributed by atoms with E-state index in [0.29, 0.717) is 0 Å². The lowest BCUT2D eigenvalue weighted by molar-refractivity contribution is -0.137. The van der Waals surface area contributed by atoms with E-state index in [2.05, 4.69) is 25.9 Å². The van der Waals surface area contributed by atoms with Crippen LogP contribution in [-0.4, -0.2) is 40.2 Å². The molecule has 40 heavy (non-hydrogen) atoms. The zero-order valence-corrected chi connectivity index (χ0v) is 21.5. The number of anilines is 1. The molecule has 0 aliphatic heterocycles. The van der Waals surface area contributed by atoms with Gasteiger partial charge in [-0.15, -0.1) is 0 Å². The number of benzene rings is 2. The minimum Gasteiger partial charge on any atom is -0.489 e. The Kier molecular flexibility index (Phi) is 8.04. The maximum Gasteiger partial charge on any atom is 0.416 e. The van der Waals surface area contributed by atoms with Crippen LogP contribution in [0.5, 0.6) is 5.75 Å². The normalized spacial score (nSPS) is 11.3. The number of carboxylic acid groups (broad SMARTS) is 1. The Morgan fingerprint density at radius 3 is 2.40 bits per heavy atom. The van der Waals surface area contributed by atoms with Gasteiger partial charge in [-0.2, -0.15) is 13.2 Å². The molecule has 0 fully saturated rings. The zero-order chi connectivity index (χ0) is 29.2. The number of carbonyl (C=O) groups is 2. The average molecular weight is 627 g/mol. The Hall–Kier alpha value is -4.53. The van der Waals surface area contributed by atoms with Crippen LogP contribution in [0.3, 0.4) is 0 Å². The first kappa shape index (κ1) is 28.5. The van der Waals surface area contributed by atoms with E-state index in [1.54, 1.807) is 0 Å². The monoisotopic (exact) mass is 626 g/mol. The number of hydrogen-bond acceptors (Lipinski definition) is 6. The minimum absolute atomic E-state index is 0.0104. The van der Waals surface area contributed by atoms with Crippen LogP contribution in [0.4, 0.5) is 32.4 Å². The molecule has 0 bridgehead atoms. The van der Waals surface area contributed by atoms with E-state index >= 15 is 0 Å². The number of alkyl halides is 3. The molecule has 9 nitrogen and oxygen atoms in total. The zero-order valence-electron chi connectivity index (χ0n) is 19.9. The van der Waals surface area contributed by atoms with Crippen molar-refractivity contribution in [3.63, 3.8) is 0 Å². The number of ether oxygens (including phenoxy) is 1. The lowest BCUT2D eigenvalue weighted by atomic mass is 10.1. The van der Waals surface area contributed by atoms with Gasteiger partial charge in [-0.05, 0) is 52.3 Å². The smallest absolute Gasteiger partial charge is 0.416 e. The molecule has 0 unspecified atom stereocenters. The third-order valence-electron chi connectivity index (χ3n) is 5.46. The van der Waals surface area contributed by atoms with Crippen LogP contribution in [0.2, 0.25) is 0 Å². The molecule has 3 N–H and O–H groups in total. The van der Waals surface area contributed by atoms with Crippen LogP contribution in [0.25, 0.3) is 22.8 Å². The standard InChI is InChI=1S/C25H16BrF5N4O5/c26-21-19(12-3-5-13(6-4-12)25(29,30)31)34-23(40-21)20-15(2-1-9-33-20)35(24(37)38)10-11-39-16-8-7-14(27)17(18(16)28)22(32)36/h1-9H,10-11H2,(H2,32,36)(H,37,38). The van der Waals surface area contributed by atoms with Gasteiger partial charge in [-0.3, -0.25) is 9.69 Å². The number of nitrogens with zero attached hydrogens (tertiary/aromatic N) is 3. The molecule has 0 aliphatic carbocycles. The molecule has 4 rings (SSSR count). The number of primary amides is 1. The molecule has 0 aliphatic rings. The molecule has 4 aromatic rings. The van der Waals surface area contributed by atoms with Crippen molar-refractivity contribution in [2.24, 2.45) is 5.73 Å². The Balaban J connectivity index is 1.60. The van der Waals surface area contributed by atoms with Crippen molar-refractivity contribution in [2.45, 2.75) is 6.18 Å². The number of nitrogens with two attached hydrogens (primary N) is 1. The number of pyridine rings is 1. The quantitative estimate of drug-likeness (QED) is 0.225. The summed E-state index contributed by atoms with van der Waals surface area (Å²) in [5.74, 6) is -4.54. The second kappa shape index (κ2) is 11.3. The lowest BCUT2D eigenvalue weighted by Crippen LogP contribution is -2.34. The van der Waals surface area contributed by atoms with Crippen LogP contribution in [-0.2, 0) is 6.18 Å². The van der Waals surface area contributed by atoms with Crippen LogP contribution in [0, 0.1) is 11.6 Å². The molecule has 0 saturated carbocycles. The second-order valence-electron chi connectivity index (χ2n) is 7.97. The summed E-state index contributed by atoms with van der Waals surface area (Å²) in [5.41, 5.74) is 3.52. The molecule has 2 amide bonds. The van der Waals surface area contributed by atoms with E-state index in [9.17, 15) is 36.6 Å². The fraction of sp³-hybridized carbons (Fsp3) is 0.120. The third-order valence-corrected chi connectivity index (χ3v) is 5.99. The largest absolute Gasteiger partial charge is 0.489 e. The molecule has 2 aromatic heterocycles. The van der Waals surface area contributed by atoms with Crippen molar-refractivity contribution in [3.05, 3.63) is 82.2 Å². The van der Waals surface area contributed by atoms with Crippen LogP contribution < -0.4 is 15.4 Å². The van der Waals surface area contributed by atoms with Crippen molar-refractivity contribution in [3.8, 4) is 28.6 Å². The topological polar surface area (TPSA) is 132 Å². The SMILES string of the molecule is NC(=O)c1c(F)ccc(OCCN(C(=O)O)c2cccnc2-c2nc(-c3ccc(C(F)(F)F)cc3)c(Br)o2)c1F. The summed E-state index contributed by atoms with van der Waals surface area (Å²) in [4.78, 5) is 32.6. The van der Waals surface area contributed by atoms with Crippen molar-refractivity contribution in [1.82, 2.24) is 9.97 Å². The number of halogens is 6. The number of hydrogen-bond donors (Lipinski definition) is 2. The summed E-state index contributed by atoms with van der Waals surface area (Å²) in [6.07, 6.45) is -4.64. The van der Waals surface area contributed by atoms with Crippen molar-refractivity contribution >= 4 is 33.6 Å². The number of carbonyl (C=O) groups excluding carboxylic acids is 1. The summed E-state index contributed by atoms with van der Waals surface area (Å²) in [7, 11) is 0. The Morgan fingerprint density at radius 2 is 1.77 bits per heavy atom. The van der Waals surface area contributed by atoms with Gasteiger partial charge in [0, 0.05) is 11.8 Å². The average Bonchev–Trinajstić information content (AvgIpc) is 3.28. The second-order valence-corrected chi connectivity index (χ2v) is 8.69. The summed E-state index contributed by atoms with van der Waals surface area (Å²) in [6.45, 7) is -0.822. The van der Waals surface area contributed by atoms with E-state index in [-0.39, 0.29) is 39.7 Å². The van der Waals surface area contributed by atoms with Gasteiger partial charge >= 0.3 is 12.3 Å². The van der Waals surface area contributed by atoms with E-state index in [1.807, 2.05) is 0 Å². The number of oxazole rings is 1. The van der Waals surface area contributed by atoms with Gasteiger partial charge in [0.1, 0.15) is 29.4 Å². The van der Waals surface area contributed by atoms with E-state index in [1.165, 1.54) is 30.5 Å². The first-order valence-corrected chi connectivity index (χ1v) is 11.9. The first-order chi connectivity index (χ1) is 18.9. The number of rotatable bonds is 8. The highest BCUT2D eigenvalue weighted by atomic mass is 79.9.